The number of benzene rings is 3. The van der Waals surface area contributed by atoms with E-state index in [9.17, 15) is 14.8 Å². The second-order valence-corrected chi connectivity index (χ2v) is 8.71. The molecule has 0 radical (unpaired) electrons. The smallest absolute Gasteiger partial charge is 0.395 e. The van der Waals surface area contributed by atoms with Gasteiger partial charge in [0.15, 0.2) is 0 Å². The van der Waals surface area contributed by atoms with Crippen LogP contribution in [0.2, 0.25) is 5.02 Å². The number of aliphatic carboxylic acids is 1. The summed E-state index contributed by atoms with van der Waals surface area (Å²) in [6.07, 6.45) is 0. The van der Waals surface area contributed by atoms with Crippen molar-refractivity contribution in [3.8, 4) is 5.75 Å². The van der Waals surface area contributed by atoms with Crippen LogP contribution in [-0.4, -0.2) is 16.6 Å². The van der Waals surface area contributed by atoms with Gasteiger partial charge in [-0.25, -0.2) is 4.79 Å². The third-order valence-electron chi connectivity index (χ3n) is 5.43. The van der Waals surface area contributed by atoms with Crippen molar-refractivity contribution in [2.75, 3.05) is 0 Å². The highest BCUT2D eigenvalue weighted by atomic mass is 35.5. The highest BCUT2D eigenvalue weighted by Gasteiger charge is 2.51. The molecule has 1 unspecified atom stereocenters. The van der Waals surface area contributed by atoms with E-state index in [1.165, 1.54) is 0 Å². The zero-order chi connectivity index (χ0) is 21.9. The van der Waals surface area contributed by atoms with Crippen LogP contribution in [0, 0.1) is 5.92 Å². The second-order valence-electron chi connectivity index (χ2n) is 7.44. The van der Waals surface area contributed by atoms with Gasteiger partial charge in [0, 0.05) is 11.3 Å². The Balaban J connectivity index is 2.08. The molecule has 0 saturated heterocycles. The van der Waals surface area contributed by atoms with Crippen molar-refractivity contribution in [3.63, 3.8) is 0 Å². The monoisotopic (exact) mass is 443 g/mol. The molecule has 1 N–H and O–H groups in total. The number of halogens is 1. The van der Waals surface area contributed by atoms with Gasteiger partial charge in [0.2, 0.25) is 11.3 Å². The van der Waals surface area contributed by atoms with E-state index in [0.29, 0.717) is 5.39 Å². The van der Waals surface area contributed by atoms with Crippen LogP contribution in [0.4, 0.5) is 0 Å². The molecule has 0 fully saturated rings. The summed E-state index contributed by atoms with van der Waals surface area (Å²) >= 11 is 6.29. The van der Waals surface area contributed by atoms with Crippen LogP contribution in [0.25, 0.3) is 10.8 Å². The maximum Gasteiger partial charge on any atom is 0.395 e. The summed E-state index contributed by atoms with van der Waals surface area (Å²) in [6, 6.07) is 20.1. The van der Waals surface area contributed by atoms with E-state index in [1.807, 2.05) is 54.6 Å². The average molecular weight is 444 g/mol. The molecule has 0 heterocycles. The van der Waals surface area contributed by atoms with Crippen LogP contribution in [0.15, 0.2) is 71.5 Å². The van der Waals surface area contributed by atoms with Crippen LogP contribution in [0.3, 0.4) is 0 Å². The van der Waals surface area contributed by atoms with Crippen LogP contribution in [-0.2, 0) is 4.79 Å². The van der Waals surface area contributed by atoms with Gasteiger partial charge in [-0.3, -0.25) is 4.52 Å². The molecule has 0 spiro atoms. The van der Waals surface area contributed by atoms with Gasteiger partial charge in [-0.1, -0.05) is 97.8 Å². The summed E-state index contributed by atoms with van der Waals surface area (Å²) in [4.78, 5) is 25.4. The fourth-order valence-corrected chi connectivity index (χ4v) is 5.13. The summed E-state index contributed by atoms with van der Waals surface area (Å²) in [5.74, 6) is -1.88. The fraction of sp³-hybridized carbons (Fsp3) is 0.261. The van der Waals surface area contributed by atoms with E-state index in [1.54, 1.807) is 32.9 Å². The van der Waals surface area contributed by atoms with Crippen molar-refractivity contribution >= 4 is 36.5 Å². The Bertz CT molecular complexity index is 1090. The first kappa shape index (κ1) is 22.2. The van der Waals surface area contributed by atoms with Crippen LogP contribution in [0.1, 0.15) is 32.3 Å². The van der Waals surface area contributed by atoms with Crippen molar-refractivity contribution in [2.45, 2.75) is 32.2 Å². The van der Waals surface area contributed by atoms with Crippen molar-refractivity contribution in [2.24, 2.45) is 10.7 Å². The normalized spacial score (nSPS) is 15.1. The summed E-state index contributed by atoms with van der Waals surface area (Å²) < 4.78 is 9.90. The number of carboxylic acid groups (broad SMARTS) is 1. The van der Waals surface area contributed by atoms with Gasteiger partial charge in [0.1, 0.15) is 0 Å². The molecule has 0 saturated carbocycles. The zero-order valence-corrected chi connectivity index (χ0v) is 18.6. The molecule has 0 aliphatic rings. The van der Waals surface area contributed by atoms with Crippen molar-refractivity contribution in [1.82, 2.24) is 0 Å². The Hall–Kier alpha value is -2.46. The number of carbonyl (C=O) groups is 1. The highest BCUT2D eigenvalue weighted by molar-refractivity contribution is 7.34. The lowest BCUT2D eigenvalue weighted by atomic mass is 9.74. The molecular formula is C23H23ClNO4P. The molecule has 0 aliphatic heterocycles. The number of carboxylic acids is 1. The minimum Gasteiger partial charge on any atom is -0.575 e. The molecule has 3 aromatic rings. The van der Waals surface area contributed by atoms with Gasteiger partial charge >= 0.3 is 14.1 Å². The lowest BCUT2D eigenvalue weighted by Gasteiger charge is -2.32. The predicted octanol–water partition coefficient (Wildman–Crippen LogP) is 6.01. The first-order chi connectivity index (χ1) is 14.3. The molecule has 7 heteroatoms. The summed E-state index contributed by atoms with van der Waals surface area (Å²) in [6.45, 7) is 5.29. The van der Waals surface area contributed by atoms with Gasteiger partial charge < -0.3 is 10.00 Å². The first-order valence-electron chi connectivity index (χ1n) is 9.61. The molecule has 5 nitrogen and oxygen atoms in total. The summed E-state index contributed by atoms with van der Waals surface area (Å²) in [5.41, 5.74) is -0.838. The molecular weight excluding hydrogens is 421 g/mol. The Kier molecular flexibility index (Phi) is 6.77. The Morgan fingerprint density at radius 2 is 1.70 bits per heavy atom. The van der Waals surface area contributed by atoms with E-state index in [0.717, 1.165) is 10.9 Å². The first-order valence-corrected chi connectivity index (χ1v) is 11.1. The fourth-order valence-electron chi connectivity index (χ4n) is 3.72. The van der Waals surface area contributed by atoms with Crippen molar-refractivity contribution in [3.05, 3.63) is 77.3 Å². The van der Waals surface area contributed by atoms with Crippen LogP contribution >= 0.6 is 19.8 Å². The Morgan fingerprint density at radius 1 is 1.07 bits per heavy atom. The third-order valence-corrected chi connectivity index (χ3v) is 6.56. The highest BCUT2D eigenvalue weighted by Crippen LogP contribution is 2.44. The third kappa shape index (κ3) is 4.20. The topological polar surface area (TPSA) is 82.0 Å². The van der Waals surface area contributed by atoms with Gasteiger partial charge in [0.05, 0.1) is 5.02 Å². The second kappa shape index (κ2) is 9.13. The number of rotatable bonds is 7. The maximum absolute atomic E-state index is 13.0. The molecule has 0 aromatic heterocycles. The largest absolute Gasteiger partial charge is 0.575 e. The minimum atomic E-state index is -2.71. The Labute approximate surface area is 181 Å². The standard InChI is InChI=1S/C23H23ClNO4P/c1-15(2)23(22(26)27,16(3)17-9-5-4-6-10-17)25-30(28)29-21-19-12-8-7-11-18(19)13-14-20(21)24/h4-16H,1-3H3,(H,26,27)/t16-,23-/m0/s1. The summed E-state index contributed by atoms with van der Waals surface area (Å²) in [7, 11) is -2.71. The number of hydrogen-bond acceptors (Lipinski definition) is 4. The minimum absolute atomic E-state index is 0.232. The van der Waals surface area contributed by atoms with E-state index in [-0.39, 0.29) is 10.8 Å². The molecule has 0 bridgehead atoms. The zero-order valence-electron chi connectivity index (χ0n) is 16.9. The molecule has 0 amide bonds. The maximum atomic E-state index is 13.0. The van der Waals surface area contributed by atoms with Gasteiger partial charge in [-0.05, 0) is 22.9 Å². The molecule has 156 valence electrons. The molecule has 0 aliphatic carbocycles. The van der Waals surface area contributed by atoms with Crippen molar-refractivity contribution < 1.29 is 19.3 Å². The predicted molar refractivity (Wildman–Crippen MR) is 119 cm³/mol. The van der Waals surface area contributed by atoms with Crippen molar-refractivity contribution in [1.29, 1.82) is 0 Å². The molecule has 3 rings (SSSR count). The van der Waals surface area contributed by atoms with Gasteiger partial charge in [-0.15, -0.1) is 0 Å². The van der Waals surface area contributed by atoms with E-state index in [2.05, 4.69) is 4.74 Å². The lowest BCUT2D eigenvalue weighted by molar-refractivity contribution is -0.171. The molecule has 30 heavy (non-hydrogen) atoms. The summed E-state index contributed by atoms with van der Waals surface area (Å²) in [5, 5.41) is 12.0. The molecule has 3 atom stereocenters. The van der Waals surface area contributed by atoms with Crippen LogP contribution in [0.5, 0.6) is 5.75 Å². The van der Waals surface area contributed by atoms with Gasteiger partial charge in [0.25, 0.3) is 0 Å². The van der Waals surface area contributed by atoms with E-state index >= 15 is 0 Å². The van der Waals surface area contributed by atoms with Crippen LogP contribution < -0.4 is 9.42 Å². The number of hydrogen-bond donors (Lipinski definition) is 1. The number of fused-ring (bicyclic) bond motifs is 1. The molecule has 3 aromatic carbocycles. The average Bonchev–Trinajstić information content (AvgIpc) is 2.73. The Morgan fingerprint density at radius 3 is 2.33 bits per heavy atom. The SMILES string of the molecule is CC(C)[C@@](/N=[P+](\[O-])Oc1c(Cl)ccc2ccccc12)(C(=O)O)[C@@H](C)c1ccccc1. The van der Waals surface area contributed by atoms with Gasteiger partial charge in [-0.2, -0.15) is 0 Å². The lowest BCUT2D eigenvalue weighted by Crippen LogP contribution is -2.46. The van der Waals surface area contributed by atoms with E-state index in [4.69, 9.17) is 16.1 Å². The quantitative estimate of drug-likeness (QED) is 0.453. The van der Waals surface area contributed by atoms with E-state index < -0.39 is 31.5 Å². The number of nitrogens with zero attached hydrogens (tertiary/aromatic N) is 1.